The van der Waals surface area contributed by atoms with Crippen LogP contribution < -0.4 is 0 Å². The third kappa shape index (κ3) is 8.43. The highest BCUT2D eigenvalue weighted by atomic mass is 16.7. The lowest BCUT2D eigenvalue weighted by Crippen LogP contribution is -2.68. The fraction of sp³-hybridized carbons (Fsp3) is 0.608. The average molecular weight is 837 g/mol. The SMILES string of the molecule is C[C@@H]1C[C@@H]2O[C@@H]3C[C@@H]4O[C@H](c5ccccc5)OC[C@H]4O[C@@]3(C)C[C@H]2O[C@H]2C=C[C@@]3(C)O[C@@]4(C)C[C@@H](OCc5ccccc5)[C@](C)(CCOCc5ccccc5)O[C@@H]4C[C@@H]3O[C@H]12. The van der Waals surface area contributed by atoms with Crippen LogP contribution in [0.1, 0.15) is 96.1 Å². The Bertz CT molecular complexity index is 1970. The van der Waals surface area contributed by atoms with Crippen molar-refractivity contribution in [2.45, 2.75) is 176 Å². The summed E-state index contributed by atoms with van der Waals surface area (Å²) < 4.78 is 68.5. The molecule has 0 saturated carbocycles. The molecule has 10 rings (SSSR count). The van der Waals surface area contributed by atoms with Gasteiger partial charge in [-0.05, 0) is 51.2 Å². The normalized spacial score (nSPS) is 44.1. The summed E-state index contributed by atoms with van der Waals surface area (Å²) in [5.74, 6) is 0.166. The van der Waals surface area contributed by atoms with Gasteiger partial charge in [0.2, 0.25) is 0 Å². The van der Waals surface area contributed by atoms with Crippen LogP contribution in [0.4, 0.5) is 0 Å². The Kier molecular flexibility index (Phi) is 11.6. The molecule has 3 aromatic carbocycles. The first-order chi connectivity index (χ1) is 29.5. The van der Waals surface area contributed by atoms with Gasteiger partial charge in [-0.2, -0.15) is 0 Å². The maximum atomic E-state index is 7.29. The molecular formula is C51H64O10. The van der Waals surface area contributed by atoms with E-state index in [0.29, 0.717) is 45.7 Å². The minimum Gasteiger partial charge on any atom is -0.377 e. The van der Waals surface area contributed by atoms with Gasteiger partial charge in [-0.1, -0.05) is 110 Å². The molecule has 0 amide bonds. The van der Waals surface area contributed by atoms with Crippen LogP contribution in [0.2, 0.25) is 0 Å². The van der Waals surface area contributed by atoms with Gasteiger partial charge in [0.15, 0.2) is 6.29 Å². The van der Waals surface area contributed by atoms with Crippen LogP contribution in [0, 0.1) is 5.92 Å². The van der Waals surface area contributed by atoms with E-state index in [1.807, 2.05) is 54.6 Å². The predicted octanol–water partition coefficient (Wildman–Crippen LogP) is 8.60. The largest absolute Gasteiger partial charge is 0.377 e. The number of hydrogen-bond acceptors (Lipinski definition) is 10. The van der Waals surface area contributed by atoms with Crippen LogP contribution in [0.15, 0.2) is 103 Å². The zero-order valence-electron chi connectivity index (χ0n) is 36.4. The lowest BCUT2D eigenvalue weighted by Gasteiger charge is -2.59. The maximum absolute atomic E-state index is 7.29. The Balaban J connectivity index is 0.839. The molecule has 3 aromatic rings. The highest BCUT2D eigenvalue weighted by Crippen LogP contribution is 2.52. The summed E-state index contributed by atoms with van der Waals surface area (Å²) in [6.07, 6.45) is 6.58. The molecule has 6 fully saturated rings. The van der Waals surface area contributed by atoms with Crippen LogP contribution in [0.25, 0.3) is 0 Å². The third-order valence-electron chi connectivity index (χ3n) is 14.9. The summed E-state index contributed by atoms with van der Waals surface area (Å²) in [5, 5.41) is 0. The Hall–Kier alpha value is -3.00. The summed E-state index contributed by atoms with van der Waals surface area (Å²) in [5.41, 5.74) is 0.862. The Morgan fingerprint density at radius 3 is 2.10 bits per heavy atom. The van der Waals surface area contributed by atoms with E-state index in [2.05, 4.69) is 83.2 Å². The molecule has 0 aliphatic carbocycles. The van der Waals surface area contributed by atoms with Crippen molar-refractivity contribution in [1.29, 1.82) is 0 Å². The van der Waals surface area contributed by atoms with Crippen molar-refractivity contribution < 1.29 is 47.4 Å². The first-order valence-electron chi connectivity index (χ1n) is 22.8. The molecule has 61 heavy (non-hydrogen) atoms. The molecule has 0 bridgehead atoms. The first-order valence-corrected chi connectivity index (χ1v) is 22.8. The van der Waals surface area contributed by atoms with Crippen molar-refractivity contribution in [3.8, 4) is 0 Å². The summed E-state index contributed by atoms with van der Waals surface area (Å²) in [7, 11) is 0. The maximum Gasteiger partial charge on any atom is 0.184 e. The summed E-state index contributed by atoms with van der Waals surface area (Å²) in [6.45, 7) is 13.1. The quantitative estimate of drug-likeness (QED) is 0.154. The fourth-order valence-corrected chi connectivity index (χ4v) is 11.3. The second kappa shape index (κ2) is 16.8. The Morgan fingerprint density at radius 2 is 1.34 bits per heavy atom. The topological polar surface area (TPSA) is 92.3 Å². The molecule has 16 atom stereocenters. The standard InChI is InChI=1S/C51H64O10/c1-33-25-38-40(28-50(4)42(56-38)26-39-41(59-50)32-54-47(57-39)36-19-13-8-14-20-36)55-37-21-22-49(3)43(58-46(33)37)27-44-51(5,61-49)29-45(53-31-35-17-11-7-12-18-35)48(2,60-44)23-24-52-30-34-15-9-6-10-16-34/h6-22,33,37-47H,23-32H2,1-5H3/t33-,37+,38+,39+,40-,41-,42-,43+,44-,45-,46-,47-,48+,49-,50+,51+/m1/s1. The average Bonchev–Trinajstić information content (AvgIpc) is 3.47. The fourth-order valence-electron chi connectivity index (χ4n) is 11.3. The molecule has 0 unspecified atom stereocenters. The van der Waals surface area contributed by atoms with Crippen LogP contribution in [-0.2, 0) is 60.6 Å². The van der Waals surface area contributed by atoms with Crippen molar-refractivity contribution >= 4 is 0 Å². The summed E-state index contributed by atoms with van der Waals surface area (Å²) >= 11 is 0. The molecule has 7 aliphatic heterocycles. The molecule has 7 aliphatic rings. The van der Waals surface area contributed by atoms with Crippen molar-refractivity contribution in [2.75, 3.05) is 13.2 Å². The molecule has 0 aromatic heterocycles. The van der Waals surface area contributed by atoms with E-state index in [9.17, 15) is 0 Å². The molecule has 0 N–H and O–H groups in total. The summed E-state index contributed by atoms with van der Waals surface area (Å²) in [6, 6.07) is 30.8. The van der Waals surface area contributed by atoms with Crippen molar-refractivity contribution in [2.24, 2.45) is 5.92 Å². The number of ether oxygens (including phenoxy) is 10. The zero-order chi connectivity index (χ0) is 41.8. The van der Waals surface area contributed by atoms with Crippen LogP contribution in [-0.4, -0.2) is 96.7 Å². The second-order valence-electron chi connectivity index (χ2n) is 19.7. The van der Waals surface area contributed by atoms with E-state index >= 15 is 0 Å². The minimum absolute atomic E-state index is 0.0847. The predicted molar refractivity (Wildman–Crippen MR) is 228 cm³/mol. The third-order valence-corrected chi connectivity index (χ3v) is 14.9. The number of benzene rings is 3. The van der Waals surface area contributed by atoms with Crippen molar-refractivity contribution in [3.63, 3.8) is 0 Å². The van der Waals surface area contributed by atoms with E-state index < -0.39 is 28.7 Å². The second-order valence-corrected chi connectivity index (χ2v) is 19.7. The molecule has 10 nitrogen and oxygen atoms in total. The van der Waals surface area contributed by atoms with Crippen LogP contribution in [0.5, 0.6) is 0 Å². The lowest BCUT2D eigenvalue weighted by molar-refractivity contribution is -0.347. The van der Waals surface area contributed by atoms with Gasteiger partial charge < -0.3 is 47.4 Å². The number of rotatable bonds is 9. The van der Waals surface area contributed by atoms with Gasteiger partial charge in [0.05, 0.1) is 85.5 Å². The molecule has 0 spiro atoms. The van der Waals surface area contributed by atoms with E-state index in [4.69, 9.17) is 47.4 Å². The van der Waals surface area contributed by atoms with Gasteiger partial charge in [0, 0.05) is 44.3 Å². The highest BCUT2D eigenvalue weighted by molar-refractivity contribution is 5.21. The Labute approximate surface area is 361 Å². The molecule has 10 heteroatoms. The van der Waals surface area contributed by atoms with Gasteiger partial charge in [-0.15, -0.1) is 0 Å². The van der Waals surface area contributed by atoms with Crippen molar-refractivity contribution in [1.82, 2.24) is 0 Å². The van der Waals surface area contributed by atoms with E-state index in [-0.39, 0.29) is 67.0 Å². The monoisotopic (exact) mass is 836 g/mol. The van der Waals surface area contributed by atoms with Gasteiger partial charge in [-0.25, -0.2) is 0 Å². The van der Waals surface area contributed by atoms with Crippen molar-refractivity contribution in [3.05, 3.63) is 120 Å². The Morgan fingerprint density at radius 1 is 0.639 bits per heavy atom. The highest BCUT2D eigenvalue weighted by Gasteiger charge is 2.62. The number of hydrogen-bond donors (Lipinski definition) is 0. The lowest BCUT2D eigenvalue weighted by atomic mass is 9.73. The molecule has 6 saturated heterocycles. The molecular weight excluding hydrogens is 773 g/mol. The molecule has 0 radical (unpaired) electrons. The van der Waals surface area contributed by atoms with E-state index in [0.717, 1.165) is 36.0 Å². The van der Waals surface area contributed by atoms with Gasteiger partial charge in [-0.3, -0.25) is 0 Å². The van der Waals surface area contributed by atoms with Crippen LogP contribution >= 0.6 is 0 Å². The number of fused-ring (bicyclic) bond motifs is 6. The summed E-state index contributed by atoms with van der Waals surface area (Å²) in [4.78, 5) is 0. The first kappa shape index (κ1) is 42.0. The van der Waals surface area contributed by atoms with Gasteiger partial charge in [0.25, 0.3) is 0 Å². The van der Waals surface area contributed by atoms with Gasteiger partial charge >= 0.3 is 0 Å². The minimum atomic E-state index is -0.694. The smallest absolute Gasteiger partial charge is 0.184 e. The van der Waals surface area contributed by atoms with E-state index in [1.54, 1.807) is 0 Å². The molecule has 328 valence electrons. The molecule has 7 heterocycles. The van der Waals surface area contributed by atoms with E-state index in [1.165, 1.54) is 0 Å². The van der Waals surface area contributed by atoms with Crippen LogP contribution in [0.3, 0.4) is 0 Å². The zero-order valence-corrected chi connectivity index (χ0v) is 36.4. The van der Waals surface area contributed by atoms with Gasteiger partial charge in [0.1, 0.15) is 17.8 Å².